The molecular formula is C15H14BrN3O. The quantitative estimate of drug-likeness (QED) is 0.876. The fourth-order valence-electron chi connectivity index (χ4n) is 1.81. The van der Waals surface area contributed by atoms with Gasteiger partial charge in [0.1, 0.15) is 11.0 Å². The lowest BCUT2D eigenvalue weighted by Crippen LogP contribution is -2.24. The van der Waals surface area contributed by atoms with E-state index in [2.05, 4.69) is 38.3 Å². The standard InChI is InChI=1S/C15H14BrN3O/c1-3-7-19-15(20)14(16)13(10-18-19)17-9-12-6-4-5-11(2)8-12/h1,4-6,8,10,17H,7,9H2,2H3. The maximum atomic E-state index is 12.0. The van der Waals surface area contributed by atoms with Crippen LogP contribution in [-0.4, -0.2) is 9.78 Å². The minimum atomic E-state index is -0.239. The highest BCUT2D eigenvalue weighted by Crippen LogP contribution is 2.17. The highest BCUT2D eigenvalue weighted by molar-refractivity contribution is 9.10. The van der Waals surface area contributed by atoms with E-state index in [4.69, 9.17) is 6.42 Å². The molecule has 0 fully saturated rings. The van der Waals surface area contributed by atoms with Crippen molar-refractivity contribution in [2.24, 2.45) is 0 Å². The molecule has 2 rings (SSSR count). The van der Waals surface area contributed by atoms with Gasteiger partial charge in [0.15, 0.2) is 0 Å². The van der Waals surface area contributed by atoms with E-state index in [9.17, 15) is 4.79 Å². The fourth-order valence-corrected chi connectivity index (χ4v) is 2.25. The molecular weight excluding hydrogens is 318 g/mol. The molecule has 20 heavy (non-hydrogen) atoms. The zero-order valence-electron chi connectivity index (χ0n) is 11.1. The van der Waals surface area contributed by atoms with Crippen molar-refractivity contribution < 1.29 is 0 Å². The largest absolute Gasteiger partial charge is 0.379 e. The SMILES string of the molecule is C#CCn1ncc(NCc2cccc(C)c2)c(Br)c1=O. The van der Waals surface area contributed by atoms with Crippen molar-refractivity contribution in [2.45, 2.75) is 20.0 Å². The minimum Gasteiger partial charge on any atom is -0.379 e. The number of aryl methyl sites for hydroxylation is 1. The maximum Gasteiger partial charge on any atom is 0.284 e. The zero-order chi connectivity index (χ0) is 14.5. The molecule has 0 saturated heterocycles. The normalized spacial score (nSPS) is 10.1. The first kappa shape index (κ1) is 14.4. The van der Waals surface area contributed by atoms with E-state index in [1.807, 2.05) is 25.1 Å². The third-order valence-corrected chi connectivity index (χ3v) is 3.56. The van der Waals surface area contributed by atoms with Crippen LogP contribution in [0.1, 0.15) is 11.1 Å². The van der Waals surface area contributed by atoms with E-state index in [-0.39, 0.29) is 12.1 Å². The molecule has 4 nitrogen and oxygen atoms in total. The Balaban J connectivity index is 2.17. The Morgan fingerprint density at radius 2 is 2.30 bits per heavy atom. The molecule has 2 aromatic rings. The Morgan fingerprint density at radius 3 is 3.00 bits per heavy atom. The van der Waals surface area contributed by atoms with E-state index < -0.39 is 0 Å². The highest BCUT2D eigenvalue weighted by Gasteiger charge is 2.07. The molecule has 0 aliphatic carbocycles. The van der Waals surface area contributed by atoms with E-state index in [0.717, 1.165) is 5.56 Å². The first-order valence-corrected chi connectivity index (χ1v) is 6.89. The van der Waals surface area contributed by atoms with Crippen LogP contribution in [0.5, 0.6) is 0 Å². The first-order chi connectivity index (χ1) is 9.61. The van der Waals surface area contributed by atoms with Crippen LogP contribution in [0.2, 0.25) is 0 Å². The van der Waals surface area contributed by atoms with Crippen molar-refractivity contribution in [3.63, 3.8) is 0 Å². The van der Waals surface area contributed by atoms with Gasteiger partial charge in [-0.15, -0.1) is 6.42 Å². The molecule has 1 heterocycles. The highest BCUT2D eigenvalue weighted by atomic mass is 79.9. The van der Waals surface area contributed by atoms with Crippen molar-refractivity contribution in [1.82, 2.24) is 9.78 Å². The topological polar surface area (TPSA) is 46.9 Å². The molecule has 0 radical (unpaired) electrons. The molecule has 0 saturated carbocycles. The zero-order valence-corrected chi connectivity index (χ0v) is 12.6. The van der Waals surface area contributed by atoms with Crippen molar-refractivity contribution >= 4 is 21.6 Å². The summed E-state index contributed by atoms with van der Waals surface area (Å²) in [6.45, 7) is 2.83. The van der Waals surface area contributed by atoms with E-state index in [1.54, 1.807) is 6.20 Å². The maximum absolute atomic E-state index is 12.0. The smallest absolute Gasteiger partial charge is 0.284 e. The van der Waals surface area contributed by atoms with E-state index in [1.165, 1.54) is 10.2 Å². The van der Waals surface area contributed by atoms with Gasteiger partial charge >= 0.3 is 0 Å². The number of nitrogens with zero attached hydrogens (tertiary/aromatic N) is 2. The summed E-state index contributed by atoms with van der Waals surface area (Å²) < 4.78 is 1.68. The van der Waals surface area contributed by atoms with Crippen LogP contribution in [-0.2, 0) is 13.1 Å². The predicted molar refractivity (Wildman–Crippen MR) is 83.5 cm³/mol. The Bertz CT molecular complexity index is 716. The number of hydrogen-bond donors (Lipinski definition) is 1. The van der Waals surface area contributed by atoms with Crippen molar-refractivity contribution in [1.29, 1.82) is 0 Å². The van der Waals surface area contributed by atoms with Crippen LogP contribution in [0.15, 0.2) is 39.7 Å². The minimum absolute atomic E-state index is 0.162. The monoisotopic (exact) mass is 331 g/mol. The second-order valence-corrected chi connectivity index (χ2v) is 5.17. The number of terminal acetylenes is 1. The van der Waals surface area contributed by atoms with Crippen LogP contribution >= 0.6 is 15.9 Å². The van der Waals surface area contributed by atoms with E-state index in [0.29, 0.717) is 16.7 Å². The summed E-state index contributed by atoms with van der Waals surface area (Å²) in [5.74, 6) is 2.39. The summed E-state index contributed by atoms with van der Waals surface area (Å²) >= 11 is 3.28. The summed E-state index contributed by atoms with van der Waals surface area (Å²) in [6, 6.07) is 8.17. The van der Waals surface area contributed by atoms with Gasteiger partial charge in [0.2, 0.25) is 0 Å². The summed E-state index contributed by atoms with van der Waals surface area (Å²) in [5, 5.41) is 7.22. The molecule has 0 aliphatic rings. The average molecular weight is 332 g/mol. The molecule has 0 spiro atoms. The molecule has 1 N–H and O–H groups in total. The van der Waals surface area contributed by atoms with Gasteiger partial charge in [-0.2, -0.15) is 5.10 Å². The van der Waals surface area contributed by atoms with Gasteiger partial charge in [-0.05, 0) is 28.4 Å². The van der Waals surface area contributed by atoms with Gasteiger partial charge < -0.3 is 5.32 Å². The number of anilines is 1. The molecule has 0 bridgehead atoms. The lowest BCUT2D eigenvalue weighted by molar-refractivity contribution is 0.659. The second-order valence-electron chi connectivity index (χ2n) is 4.38. The molecule has 5 heteroatoms. The Hall–Kier alpha value is -2.06. The van der Waals surface area contributed by atoms with Crippen LogP contribution in [0.3, 0.4) is 0 Å². The molecule has 0 amide bonds. The summed E-state index contributed by atoms with van der Waals surface area (Å²) in [4.78, 5) is 12.0. The van der Waals surface area contributed by atoms with Crippen molar-refractivity contribution in [3.05, 3.63) is 56.4 Å². The number of rotatable bonds is 4. The number of benzene rings is 1. The summed E-state index contributed by atoms with van der Waals surface area (Å²) in [5.41, 5.74) is 2.76. The van der Waals surface area contributed by atoms with Gasteiger partial charge in [-0.25, -0.2) is 4.68 Å². The molecule has 0 atom stereocenters. The summed E-state index contributed by atoms with van der Waals surface area (Å²) in [6.07, 6.45) is 6.78. The van der Waals surface area contributed by atoms with Crippen LogP contribution in [0, 0.1) is 19.3 Å². The lowest BCUT2D eigenvalue weighted by Gasteiger charge is -2.09. The third kappa shape index (κ3) is 3.28. The Kier molecular flexibility index (Phi) is 4.59. The molecule has 0 aliphatic heterocycles. The van der Waals surface area contributed by atoms with Gasteiger partial charge in [-0.3, -0.25) is 4.79 Å². The molecule has 0 unspecified atom stereocenters. The Labute approximate surface area is 126 Å². The Morgan fingerprint density at radius 1 is 1.50 bits per heavy atom. The second kappa shape index (κ2) is 6.40. The number of hydrogen-bond acceptors (Lipinski definition) is 3. The number of halogens is 1. The van der Waals surface area contributed by atoms with E-state index >= 15 is 0 Å². The lowest BCUT2D eigenvalue weighted by atomic mass is 10.1. The van der Waals surface area contributed by atoms with Gasteiger partial charge in [-0.1, -0.05) is 35.7 Å². The van der Waals surface area contributed by atoms with Gasteiger partial charge in [0.25, 0.3) is 5.56 Å². The third-order valence-electron chi connectivity index (χ3n) is 2.79. The van der Waals surface area contributed by atoms with Crippen LogP contribution < -0.4 is 10.9 Å². The molecule has 1 aromatic heterocycles. The fraction of sp³-hybridized carbons (Fsp3) is 0.200. The first-order valence-electron chi connectivity index (χ1n) is 6.10. The number of aromatic nitrogens is 2. The number of nitrogens with one attached hydrogen (secondary N) is 1. The van der Waals surface area contributed by atoms with Gasteiger partial charge in [0.05, 0.1) is 11.9 Å². The van der Waals surface area contributed by atoms with Crippen LogP contribution in [0.25, 0.3) is 0 Å². The van der Waals surface area contributed by atoms with Crippen molar-refractivity contribution in [2.75, 3.05) is 5.32 Å². The predicted octanol–water partition coefficient (Wildman–Crippen LogP) is 2.56. The van der Waals surface area contributed by atoms with Gasteiger partial charge in [0, 0.05) is 6.54 Å². The molecule has 102 valence electrons. The van der Waals surface area contributed by atoms with Crippen molar-refractivity contribution in [3.8, 4) is 12.3 Å². The summed E-state index contributed by atoms with van der Waals surface area (Å²) in [7, 11) is 0. The average Bonchev–Trinajstić information content (AvgIpc) is 2.43. The molecule has 1 aromatic carbocycles. The van der Waals surface area contributed by atoms with Crippen LogP contribution in [0.4, 0.5) is 5.69 Å².